The van der Waals surface area contributed by atoms with Crippen LogP contribution in [0.1, 0.15) is 32.0 Å². The summed E-state index contributed by atoms with van der Waals surface area (Å²) in [5.41, 5.74) is 4.37. The van der Waals surface area contributed by atoms with Crippen LogP contribution in [0.3, 0.4) is 0 Å². The van der Waals surface area contributed by atoms with Gasteiger partial charge in [0.1, 0.15) is 0 Å². The maximum absolute atomic E-state index is 5.58. The number of nitrogens with two attached hydrogens (primary N) is 1. The van der Waals surface area contributed by atoms with Gasteiger partial charge in [-0.2, -0.15) is 0 Å². The molecule has 0 amide bonds. The number of rotatable bonds is 5. The second kappa shape index (κ2) is 10.5. The van der Waals surface area contributed by atoms with Crippen LogP contribution in [-0.4, -0.2) is 23.6 Å². The van der Waals surface area contributed by atoms with Crippen molar-refractivity contribution in [1.29, 1.82) is 0 Å². The lowest BCUT2D eigenvalue weighted by molar-refractivity contribution is 0.389. The molecule has 0 saturated carbocycles. The fraction of sp³-hybridized carbons (Fsp3) is 0.286. The van der Waals surface area contributed by atoms with E-state index in [0.717, 1.165) is 23.3 Å². The molecule has 0 atom stereocenters. The zero-order chi connectivity index (χ0) is 17.9. The molecule has 0 aliphatic rings. The van der Waals surface area contributed by atoms with Crippen molar-refractivity contribution in [2.75, 3.05) is 13.6 Å². The minimum atomic E-state index is 0.721. The maximum atomic E-state index is 5.58. The van der Waals surface area contributed by atoms with Crippen molar-refractivity contribution in [3.05, 3.63) is 71.5 Å². The molecule has 24 heavy (non-hydrogen) atoms. The maximum Gasteiger partial charge on any atom is 0.0709 e. The Morgan fingerprint density at radius 1 is 1.17 bits per heavy atom. The summed E-state index contributed by atoms with van der Waals surface area (Å²) < 4.78 is 0. The predicted molar refractivity (Wildman–Crippen MR) is 107 cm³/mol. The summed E-state index contributed by atoms with van der Waals surface area (Å²) in [6.07, 6.45) is 10.3. The lowest BCUT2D eigenvalue weighted by Crippen LogP contribution is -2.25. The van der Waals surface area contributed by atoms with E-state index in [0.29, 0.717) is 0 Å². The Balaban J connectivity index is 0.00000139. The third-order valence-corrected chi connectivity index (χ3v) is 3.35. The van der Waals surface area contributed by atoms with Gasteiger partial charge in [0.25, 0.3) is 0 Å². The van der Waals surface area contributed by atoms with Crippen LogP contribution in [-0.2, 0) is 0 Å². The van der Waals surface area contributed by atoms with E-state index in [1.807, 2.05) is 46.0 Å². The van der Waals surface area contributed by atoms with Crippen LogP contribution in [0.5, 0.6) is 0 Å². The van der Waals surface area contributed by atoms with Gasteiger partial charge in [0, 0.05) is 19.0 Å². The Morgan fingerprint density at radius 2 is 1.92 bits per heavy atom. The predicted octanol–water partition coefficient (Wildman–Crippen LogP) is 4.89. The highest BCUT2D eigenvalue weighted by molar-refractivity contribution is 5.80. The van der Waals surface area contributed by atoms with Gasteiger partial charge >= 0.3 is 0 Å². The number of aromatic nitrogens is 1. The van der Waals surface area contributed by atoms with Gasteiger partial charge in [-0.3, -0.25) is 5.84 Å². The van der Waals surface area contributed by atoms with Gasteiger partial charge in [-0.05, 0) is 43.7 Å². The van der Waals surface area contributed by atoms with Crippen molar-refractivity contribution in [3.63, 3.8) is 0 Å². The molecule has 1 aromatic carbocycles. The molecule has 0 fully saturated rings. The first kappa shape index (κ1) is 19.8. The number of aryl methyl sites for hydroxylation is 1. The van der Waals surface area contributed by atoms with Crippen LogP contribution in [0.4, 0.5) is 0 Å². The number of fused-ring (bicyclic) bond motifs is 1. The third-order valence-electron chi connectivity index (χ3n) is 3.35. The topological polar surface area (TPSA) is 42.1 Å². The number of allylic oxidation sites excluding steroid dienone is 4. The van der Waals surface area contributed by atoms with Crippen LogP contribution in [0, 0.1) is 6.92 Å². The van der Waals surface area contributed by atoms with E-state index in [1.54, 1.807) is 5.01 Å². The molecule has 0 saturated heterocycles. The SMILES string of the molecule is C/C=C(\C=C/CN(C)N)/C=C/c1ccc2cc(C)ccc2n1.CC. The first-order valence-electron chi connectivity index (χ1n) is 8.42. The van der Waals surface area contributed by atoms with E-state index in [4.69, 9.17) is 5.84 Å². The Morgan fingerprint density at radius 3 is 2.58 bits per heavy atom. The molecule has 3 heteroatoms. The third kappa shape index (κ3) is 6.49. The molecule has 0 aliphatic heterocycles. The van der Waals surface area contributed by atoms with Crippen molar-refractivity contribution in [3.8, 4) is 0 Å². The lowest BCUT2D eigenvalue weighted by atomic mass is 10.1. The van der Waals surface area contributed by atoms with Gasteiger partial charge in [0.05, 0.1) is 11.2 Å². The summed E-state index contributed by atoms with van der Waals surface area (Å²) in [5.74, 6) is 5.58. The summed E-state index contributed by atoms with van der Waals surface area (Å²) in [6.45, 7) is 8.84. The zero-order valence-electron chi connectivity index (χ0n) is 15.5. The molecule has 3 nitrogen and oxygen atoms in total. The second-order valence-electron chi connectivity index (χ2n) is 5.40. The van der Waals surface area contributed by atoms with E-state index < -0.39 is 0 Å². The van der Waals surface area contributed by atoms with Crippen molar-refractivity contribution < 1.29 is 0 Å². The van der Waals surface area contributed by atoms with Crippen molar-refractivity contribution >= 4 is 17.0 Å². The fourth-order valence-corrected chi connectivity index (χ4v) is 2.14. The first-order valence-corrected chi connectivity index (χ1v) is 8.42. The molecule has 1 heterocycles. The molecule has 0 spiro atoms. The summed E-state index contributed by atoms with van der Waals surface area (Å²) in [6, 6.07) is 10.5. The normalized spacial score (nSPS) is 12.2. The number of nitrogens with zero attached hydrogens (tertiary/aromatic N) is 2. The van der Waals surface area contributed by atoms with E-state index in [2.05, 4.69) is 54.4 Å². The van der Waals surface area contributed by atoms with Gasteiger partial charge < -0.3 is 0 Å². The Hall–Kier alpha value is -2.23. The van der Waals surface area contributed by atoms with Crippen LogP contribution >= 0.6 is 0 Å². The van der Waals surface area contributed by atoms with Gasteiger partial charge in [-0.25, -0.2) is 9.99 Å². The number of hydrogen-bond acceptors (Lipinski definition) is 3. The monoisotopic (exact) mass is 323 g/mol. The number of likely N-dealkylation sites (N-methyl/N-ethyl adjacent to an activating group) is 1. The molecule has 2 rings (SSSR count). The summed E-state index contributed by atoms with van der Waals surface area (Å²) in [4.78, 5) is 4.66. The molecule has 2 aromatic rings. The highest BCUT2D eigenvalue weighted by Crippen LogP contribution is 2.15. The smallest absolute Gasteiger partial charge is 0.0709 e. The Bertz CT molecular complexity index is 725. The average Bonchev–Trinajstić information content (AvgIpc) is 2.59. The molecule has 0 unspecified atom stereocenters. The summed E-state index contributed by atoms with van der Waals surface area (Å²) in [5, 5.41) is 2.81. The number of benzene rings is 1. The standard InChI is InChI=1S/C19H23N3.C2H6/c1-4-16(6-5-13-22(3)20)8-10-18-11-9-17-14-15(2)7-12-19(17)21-18;1-2/h4-12,14H,13,20H2,1-3H3;1-2H3/b6-5-,10-8+,16-4+;. The van der Waals surface area contributed by atoms with E-state index in [1.165, 1.54) is 10.9 Å². The number of hydrazine groups is 1. The molecular formula is C21H29N3. The van der Waals surface area contributed by atoms with E-state index in [-0.39, 0.29) is 0 Å². The molecule has 128 valence electrons. The van der Waals surface area contributed by atoms with Crippen LogP contribution in [0.15, 0.2) is 60.2 Å². The number of pyridine rings is 1. The van der Waals surface area contributed by atoms with Crippen molar-refractivity contribution in [2.45, 2.75) is 27.7 Å². The van der Waals surface area contributed by atoms with Crippen LogP contribution in [0.2, 0.25) is 0 Å². The molecule has 0 bridgehead atoms. The molecular weight excluding hydrogens is 294 g/mol. The van der Waals surface area contributed by atoms with Crippen molar-refractivity contribution in [1.82, 2.24) is 9.99 Å². The van der Waals surface area contributed by atoms with Gasteiger partial charge in [0.2, 0.25) is 0 Å². The average molecular weight is 323 g/mol. The number of hydrogen-bond donors (Lipinski definition) is 1. The molecule has 2 N–H and O–H groups in total. The summed E-state index contributed by atoms with van der Waals surface area (Å²) in [7, 11) is 1.84. The summed E-state index contributed by atoms with van der Waals surface area (Å²) >= 11 is 0. The lowest BCUT2D eigenvalue weighted by Gasteiger charge is -2.03. The van der Waals surface area contributed by atoms with Crippen molar-refractivity contribution in [2.24, 2.45) is 5.84 Å². The minimum absolute atomic E-state index is 0.721. The first-order chi connectivity index (χ1) is 11.6. The second-order valence-corrected chi connectivity index (χ2v) is 5.40. The van der Waals surface area contributed by atoms with E-state index >= 15 is 0 Å². The quantitative estimate of drug-likeness (QED) is 0.484. The minimum Gasteiger partial charge on any atom is -0.269 e. The van der Waals surface area contributed by atoms with Gasteiger partial charge in [0.15, 0.2) is 0 Å². The Labute approximate surface area is 146 Å². The van der Waals surface area contributed by atoms with Crippen LogP contribution < -0.4 is 5.84 Å². The molecule has 1 aromatic heterocycles. The largest absolute Gasteiger partial charge is 0.269 e. The van der Waals surface area contributed by atoms with Crippen LogP contribution in [0.25, 0.3) is 17.0 Å². The Kier molecular flexibility index (Phi) is 8.69. The highest BCUT2D eigenvalue weighted by Gasteiger charge is 1.96. The highest BCUT2D eigenvalue weighted by atomic mass is 15.4. The zero-order valence-corrected chi connectivity index (χ0v) is 15.5. The fourth-order valence-electron chi connectivity index (χ4n) is 2.14. The van der Waals surface area contributed by atoms with Gasteiger partial charge in [-0.15, -0.1) is 0 Å². The van der Waals surface area contributed by atoms with E-state index in [9.17, 15) is 0 Å². The van der Waals surface area contributed by atoms with Gasteiger partial charge in [-0.1, -0.05) is 55.8 Å². The molecule has 0 radical (unpaired) electrons. The molecule has 0 aliphatic carbocycles.